The van der Waals surface area contributed by atoms with Gasteiger partial charge in [-0.1, -0.05) is 36.4 Å². The van der Waals surface area contributed by atoms with Crippen molar-refractivity contribution in [2.75, 3.05) is 19.1 Å². The molecule has 0 bridgehead atoms. The number of imide groups is 1. The Kier molecular flexibility index (Phi) is 10.2. The second-order valence-corrected chi connectivity index (χ2v) is 15.5. The predicted molar refractivity (Wildman–Crippen MR) is 214 cm³/mol. The highest BCUT2D eigenvalue weighted by Crippen LogP contribution is 2.39. The number of carbonyl (C=O) groups is 2. The van der Waals surface area contributed by atoms with Gasteiger partial charge in [0.05, 0.1) is 41.4 Å². The highest BCUT2D eigenvalue weighted by Gasteiger charge is 2.39. The van der Waals surface area contributed by atoms with Crippen LogP contribution in [-0.2, 0) is 23.1 Å². The lowest BCUT2D eigenvalue weighted by Gasteiger charge is -2.25. The Morgan fingerprint density at radius 3 is 1.95 bits per heavy atom. The molecular formula is C44H36FN5O7S. The Morgan fingerprint density at radius 2 is 1.38 bits per heavy atom. The molecule has 2 amide bonds. The fourth-order valence-electron chi connectivity index (χ4n) is 6.88. The van der Waals surface area contributed by atoms with E-state index in [9.17, 15) is 22.4 Å². The van der Waals surface area contributed by atoms with Crippen molar-refractivity contribution in [1.82, 2.24) is 19.1 Å². The van der Waals surface area contributed by atoms with Crippen molar-refractivity contribution >= 4 is 38.6 Å². The average Bonchev–Trinajstić information content (AvgIpc) is 3.87. The van der Waals surface area contributed by atoms with Gasteiger partial charge in [0.25, 0.3) is 11.8 Å². The van der Waals surface area contributed by atoms with E-state index in [0.717, 1.165) is 16.0 Å². The van der Waals surface area contributed by atoms with Gasteiger partial charge in [0.1, 0.15) is 23.4 Å². The maximum atomic E-state index is 14.8. The van der Waals surface area contributed by atoms with Gasteiger partial charge >= 0.3 is 0 Å². The molecule has 2 aromatic heterocycles. The van der Waals surface area contributed by atoms with Gasteiger partial charge in [0, 0.05) is 36.4 Å². The van der Waals surface area contributed by atoms with Crippen LogP contribution in [0, 0.1) is 5.82 Å². The fourth-order valence-corrected chi connectivity index (χ4v) is 8.34. The number of nitrogens with zero attached hydrogens (tertiary/aromatic N) is 5. The van der Waals surface area contributed by atoms with Crippen LogP contribution in [0.3, 0.4) is 0 Å². The van der Waals surface area contributed by atoms with Gasteiger partial charge in [-0.15, -0.1) is 0 Å². The maximum Gasteiger partial charge on any atom is 0.267 e. The molecule has 8 rings (SSSR count). The number of amides is 2. The summed E-state index contributed by atoms with van der Waals surface area (Å²) in [6, 6.07) is 32.7. The molecule has 3 heterocycles. The number of rotatable bonds is 13. The van der Waals surface area contributed by atoms with Gasteiger partial charge in [-0.2, -0.15) is 9.40 Å². The molecule has 0 saturated heterocycles. The van der Waals surface area contributed by atoms with Crippen LogP contribution in [0.15, 0.2) is 139 Å². The maximum absolute atomic E-state index is 14.8. The largest absolute Gasteiger partial charge is 0.497 e. The Bertz CT molecular complexity index is 2700. The lowest BCUT2D eigenvalue weighted by molar-refractivity contribution is 0.0922. The smallest absolute Gasteiger partial charge is 0.267 e. The molecule has 0 radical (unpaired) electrons. The summed E-state index contributed by atoms with van der Waals surface area (Å²) in [6.45, 7) is 1.79. The zero-order chi connectivity index (χ0) is 40.6. The first kappa shape index (κ1) is 38.0. The number of aromatic nitrogens is 3. The Morgan fingerprint density at radius 1 is 0.759 bits per heavy atom. The molecule has 1 aliphatic heterocycles. The number of halogens is 1. The highest BCUT2D eigenvalue weighted by atomic mass is 32.2. The van der Waals surface area contributed by atoms with Crippen molar-refractivity contribution in [3.05, 3.63) is 167 Å². The predicted octanol–water partition coefficient (Wildman–Crippen LogP) is 7.91. The van der Waals surface area contributed by atoms with E-state index < -0.39 is 33.8 Å². The van der Waals surface area contributed by atoms with Gasteiger partial charge < -0.3 is 14.2 Å². The van der Waals surface area contributed by atoms with Gasteiger partial charge in [0.2, 0.25) is 10.0 Å². The second kappa shape index (κ2) is 15.6. The summed E-state index contributed by atoms with van der Waals surface area (Å²) < 4.78 is 64.3. The average molecular weight is 798 g/mol. The molecule has 0 N–H and O–H groups in total. The number of ether oxygens (including phenoxy) is 3. The molecule has 14 heteroatoms. The van der Waals surface area contributed by atoms with E-state index in [1.165, 1.54) is 40.7 Å². The third kappa shape index (κ3) is 7.26. The van der Waals surface area contributed by atoms with E-state index in [1.54, 1.807) is 98.9 Å². The number of pyridine rings is 1. The summed E-state index contributed by atoms with van der Waals surface area (Å²) in [5.41, 5.74) is 3.14. The van der Waals surface area contributed by atoms with Crippen LogP contribution in [0.4, 0.5) is 10.2 Å². The molecule has 1 atom stereocenters. The summed E-state index contributed by atoms with van der Waals surface area (Å²) in [6.07, 6.45) is 2.37. The van der Waals surface area contributed by atoms with E-state index in [4.69, 9.17) is 14.2 Å². The van der Waals surface area contributed by atoms with Gasteiger partial charge in [0.15, 0.2) is 11.6 Å². The molecule has 5 aromatic carbocycles. The number of hydrogen-bond donors (Lipinski definition) is 0. The molecule has 292 valence electrons. The van der Waals surface area contributed by atoms with Crippen molar-refractivity contribution in [2.24, 2.45) is 0 Å². The lowest BCUT2D eigenvalue weighted by Crippen LogP contribution is -2.31. The molecule has 58 heavy (non-hydrogen) atoms. The zero-order valence-corrected chi connectivity index (χ0v) is 32.4. The topological polar surface area (TPSA) is 133 Å². The molecule has 0 fully saturated rings. The minimum Gasteiger partial charge on any atom is -0.497 e. The summed E-state index contributed by atoms with van der Waals surface area (Å²) >= 11 is 0. The Hall–Kier alpha value is -6.90. The van der Waals surface area contributed by atoms with E-state index in [0.29, 0.717) is 33.7 Å². The van der Waals surface area contributed by atoms with E-state index >= 15 is 0 Å². The Labute approximate surface area is 333 Å². The van der Waals surface area contributed by atoms with Crippen LogP contribution in [0.25, 0.3) is 16.6 Å². The number of fused-ring (bicyclic) bond motifs is 2. The summed E-state index contributed by atoms with van der Waals surface area (Å²) in [7, 11) is -1.09. The number of methoxy groups -OCH3 is 2. The molecular weight excluding hydrogens is 762 g/mol. The minimum absolute atomic E-state index is 0.000389. The first-order chi connectivity index (χ1) is 28.0. The first-order valence-electron chi connectivity index (χ1n) is 18.2. The van der Waals surface area contributed by atoms with Crippen molar-refractivity contribution in [1.29, 1.82) is 0 Å². The third-order valence-electron chi connectivity index (χ3n) is 9.89. The molecule has 0 saturated carbocycles. The summed E-state index contributed by atoms with van der Waals surface area (Å²) in [4.78, 5) is 33.0. The van der Waals surface area contributed by atoms with Gasteiger partial charge in [-0.25, -0.2) is 27.4 Å². The van der Waals surface area contributed by atoms with Crippen molar-refractivity contribution in [3.8, 4) is 22.9 Å². The lowest BCUT2D eigenvalue weighted by atomic mass is 10.1. The fraction of sp³-hybridized carbons (Fsp3) is 0.136. The molecule has 0 spiro atoms. The number of hydrogen-bond acceptors (Lipinski definition) is 9. The normalized spacial score (nSPS) is 13.2. The highest BCUT2D eigenvalue weighted by molar-refractivity contribution is 7.89. The van der Waals surface area contributed by atoms with Crippen LogP contribution in [-0.4, -0.2) is 53.5 Å². The number of anilines is 1. The van der Waals surface area contributed by atoms with Crippen molar-refractivity contribution in [3.63, 3.8) is 0 Å². The van der Waals surface area contributed by atoms with E-state index in [2.05, 4.69) is 10.1 Å². The molecule has 0 aliphatic carbocycles. The first-order valence-corrected chi connectivity index (χ1v) is 19.6. The van der Waals surface area contributed by atoms with Crippen LogP contribution in [0.1, 0.15) is 50.4 Å². The quantitative estimate of drug-likeness (QED) is 0.107. The van der Waals surface area contributed by atoms with Crippen LogP contribution < -0.4 is 19.1 Å². The van der Waals surface area contributed by atoms with Crippen LogP contribution >= 0.6 is 0 Å². The standard InChI is InChI=1S/C44H36FN5O7S/c1-28(57-41-24-31-23-32(45)13-19-39(31)47-42(41)50-43(51)36-7-4-5-8-37(36)44(50)52)38-25-35(18-20-40(38)49-22-6-21-46-49)58(53,54)48(26-29-9-14-33(55-2)15-10-29)27-30-11-16-34(56-3)17-12-30/h4-25,28H,26-27H2,1-3H3. The van der Waals surface area contributed by atoms with Gasteiger partial charge in [-0.3, -0.25) is 9.59 Å². The third-order valence-corrected chi connectivity index (χ3v) is 11.7. The monoisotopic (exact) mass is 797 g/mol. The van der Waals surface area contributed by atoms with Crippen LogP contribution in [0.5, 0.6) is 17.2 Å². The minimum atomic E-state index is -4.21. The molecule has 7 aromatic rings. The summed E-state index contributed by atoms with van der Waals surface area (Å²) in [5, 5.41) is 4.77. The molecule has 12 nitrogen and oxygen atoms in total. The van der Waals surface area contributed by atoms with Crippen molar-refractivity contribution < 1.29 is 36.6 Å². The number of carbonyl (C=O) groups excluding carboxylic acids is 2. The van der Waals surface area contributed by atoms with E-state index in [-0.39, 0.29) is 40.7 Å². The van der Waals surface area contributed by atoms with Crippen LogP contribution in [0.2, 0.25) is 0 Å². The SMILES string of the molecule is COc1ccc(CN(Cc2ccc(OC)cc2)S(=O)(=O)c2ccc(-n3cccn3)c(C(C)Oc3cc4cc(F)ccc4nc3N3C(=O)c4ccccc4C3=O)c2)cc1. The Balaban J connectivity index is 1.21. The second-order valence-electron chi connectivity index (χ2n) is 13.5. The van der Waals surface area contributed by atoms with Gasteiger partial charge in [-0.05, 0) is 103 Å². The number of sulfonamides is 1. The molecule has 1 aliphatic rings. The molecule has 1 unspecified atom stereocenters. The van der Waals surface area contributed by atoms with Crippen molar-refractivity contribution in [2.45, 2.75) is 31.0 Å². The zero-order valence-electron chi connectivity index (χ0n) is 31.6. The number of benzene rings is 5. The van der Waals surface area contributed by atoms with E-state index in [1.807, 2.05) is 24.3 Å². The summed E-state index contributed by atoms with van der Waals surface area (Å²) in [5.74, 6) is -0.517.